The first-order valence-electron chi connectivity index (χ1n) is 10.8. The van der Waals surface area contributed by atoms with Gasteiger partial charge >= 0.3 is 0 Å². The van der Waals surface area contributed by atoms with Crippen LogP contribution in [0.4, 0.5) is 0 Å². The maximum Gasteiger partial charge on any atom is 0.0280 e. The van der Waals surface area contributed by atoms with Crippen LogP contribution in [-0.2, 0) is 0 Å². The summed E-state index contributed by atoms with van der Waals surface area (Å²) in [7, 11) is 0. The fourth-order valence-corrected chi connectivity index (χ4v) is 4.44. The molecule has 0 heterocycles. The van der Waals surface area contributed by atoms with Crippen LogP contribution in [0.25, 0.3) is 0 Å². The predicted octanol–water partition coefficient (Wildman–Crippen LogP) is 9.06. The largest absolute Gasteiger partial charge is 0.0851 e. The average Bonchev–Trinajstić information content (AvgIpc) is 2.58. The Morgan fingerprint density at radius 3 is 1.35 bits per heavy atom. The number of halogens is 1. The Morgan fingerprint density at radius 1 is 0.609 bits per heavy atom. The molecular weight excluding hydrogens is 344 g/mol. The van der Waals surface area contributed by atoms with Gasteiger partial charge in [0.2, 0.25) is 0 Å². The lowest BCUT2D eigenvalue weighted by atomic mass is 9.82. The van der Waals surface area contributed by atoms with Crippen molar-refractivity contribution < 1.29 is 0 Å². The number of unbranched alkanes of at least 4 members (excludes halogenated alkanes) is 11. The Hall–Kier alpha value is 0.480. The Morgan fingerprint density at radius 2 is 1.00 bits per heavy atom. The maximum atomic E-state index is 4.04. The highest BCUT2D eigenvalue weighted by molar-refractivity contribution is 9.10. The van der Waals surface area contributed by atoms with Gasteiger partial charge in [0.15, 0.2) is 0 Å². The molecule has 0 amide bonds. The Balaban J connectivity index is 3.47. The van der Waals surface area contributed by atoms with Crippen molar-refractivity contribution >= 4 is 15.9 Å². The third-order valence-corrected chi connectivity index (χ3v) is 7.58. The fraction of sp³-hybridized carbons (Fsp3) is 1.00. The minimum atomic E-state index is 0.402. The summed E-state index contributed by atoms with van der Waals surface area (Å²) < 4.78 is 0.402. The first kappa shape index (κ1) is 23.5. The molecule has 0 spiro atoms. The minimum absolute atomic E-state index is 0.402. The molecule has 0 radical (unpaired) electrons. The minimum Gasteiger partial charge on any atom is -0.0851 e. The standard InChI is InChI=1S/C22H45Br/c1-5-9-10-11-12-13-14-15-16-17-18-19-20-21(6-2)22(23,7-3)8-4/h21H,5-20H2,1-4H3. The molecule has 0 aliphatic carbocycles. The molecule has 0 aliphatic heterocycles. The Kier molecular flexibility index (Phi) is 16.3. The summed E-state index contributed by atoms with van der Waals surface area (Å²) in [5, 5.41) is 0. The van der Waals surface area contributed by atoms with Crippen LogP contribution in [0, 0.1) is 5.92 Å². The molecule has 0 N–H and O–H groups in total. The molecule has 0 aromatic heterocycles. The van der Waals surface area contributed by atoms with Crippen molar-refractivity contribution in [3.63, 3.8) is 0 Å². The summed E-state index contributed by atoms with van der Waals surface area (Å²) in [6.07, 6.45) is 22.7. The van der Waals surface area contributed by atoms with Crippen LogP contribution in [0.15, 0.2) is 0 Å². The second-order valence-electron chi connectivity index (χ2n) is 7.52. The van der Waals surface area contributed by atoms with Gasteiger partial charge in [-0.15, -0.1) is 0 Å². The summed E-state index contributed by atoms with van der Waals surface area (Å²) in [6.45, 7) is 9.34. The van der Waals surface area contributed by atoms with Gasteiger partial charge in [-0.3, -0.25) is 0 Å². The van der Waals surface area contributed by atoms with Crippen molar-refractivity contribution in [2.24, 2.45) is 5.92 Å². The molecule has 1 atom stereocenters. The van der Waals surface area contributed by atoms with Gasteiger partial charge in [-0.25, -0.2) is 0 Å². The smallest absolute Gasteiger partial charge is 0.0280 e. The number of hydrogen-bond acceptors (Lipinski definition) is 0. The fourth-order valence-electron chi connectivity index (χ4n) is 3.89. The molecule has 0 bridgehead atoms. The van der Waals surface area contributed by atoms with Crippen molar-refractivity contribution in [3.8, 4) is 0 Å². The highest BCUT2D eigenvalue weighted by Crippen LogP contribution is 2.39. The lowest BCUT2D eigenvalue weighted by Gasteiger charge is -2.34. The topological polar surface area (TPSA) is 0 Å². The summed E-state index contributed by atoms with van der Waals surface area (Å²) in [5.41, 5.74) is 0. The zero-order valence-corrected chi connectivity index (χ0v) is 18.4. The third-order valence-electron chi connectivity index (χ3n) is 5.81. The van der Waals surface area contributed by atoms with Gasteiger partial charge in [-0.2, -0.15) is 0 Å². The Bertz CT molecular complexity index is 232. The van der Waals surface area contributed by atoms with E-state index in [0.717, 1.165) is 5.92 Å². The maximum absolute atomic E-state index is 4.04. The van der Waals surface area contributed by atoms with Crippen molar-refractivity contribution in [1.82, 2.24) is 0 Å². The van der Waals surface area contributed by atoms with Crippen LogP contribution in [-0.4, -0.2) is 4.32 Å². The van der Waals surface area contributed by atoms with Crippen molar-refractivity contribution in [2.75, 3.05) is 0 Å². The van der Waals surface area contributed by atoms with Gasteiger partial charge in [0.25, 0.3) is 0 Å². The predicted molar refractivity (Wildman–Crippen MR) is 112 cm³/mol. The van der Waals surface area contributed by atoms with Crippen molar-refractivity contribution in [3.05, 3.63) is 0 Å². The SMILES string of the molecule is CCCCCCCCCCCCCCC(CC)C(Br)(CC)CC. The van der Waals surface area contributed by atoms with Crippen LogP contribution < -0.4 is 0 Å². The van der Waals surface area contributed by atoms with E-state index in [2.05, 4.69) is 43.6 Å². The summed E-state index contributed by atoms with van der Waals surface area (Å²) in [6, 6.07) is 0. The van der Waals surface area contributed by atoms with Gasteiger partial charge in [-0.1, -0.05) is 127 Å². The monoisotopic (exact) mass is 388 g/mol. The van der Waals surface area contributed by atoms with Gasteiger partial charge in [-0.05, 0) is 25.2 Å². The van der Waals surface area contributed by atoms with E-state index in [4.69, 9.17) is 0 Å². The highest BCUT2D eigenvalue weighted by Gasteiger charge is 2.30. The lowest BCUT2D eigenvalue weighted by Crippen LogP contribution is -2.29. The van der Waals surface area contributed by atoms with E-state index >= 15 is 0 Å². The molecular formula is C22H45Br. The van der Waals surface area contributed by atoms with Crippen LogP contribution in [0.1, 0.15) is 130 Å². The number of hydrogen-bond donors (Lipinski definition) is 0. The van der Waals surface area contributed by atoms with E-state index in [1.807, 2.05) is 0 Å². The number of rotatable bonds is 17. The zero-order valence-electron chi connectivity index (χ0n) is 16.8. The molecule has 140 valence electrons. The van der Waals surface area contributed by atoms with E-state index < -0.39 is 0 Å². The molecule has 0 rings (SSSR count). The Labute approximate surface area is 156 Å². The van der Waals surface area contributed by atoms with Crippen molar-refractivity contribution in [1.29, 1.82) is 0 Å². The summed E-state index contributed by atoms with van der Waals surface area (Å²) >= 11 is 4.04. The quantitative estimate of drug-likeness (QED) is 0.172. The van der Waals surface area contributed by atoms with E-state index in [1.54, 1.807) is 0 Å². The molecule has 0 saturated heterocycles. The first-order chi connectivity index (χ1) is 11.1. The first-order valence-corrected chi connectivity index (χ1v) is 11.6. The van der Waals surface area contributed by atoms with Crippen LogP contribution >= 0.6 is 15.9 Å². The summed E-state index contributed by atoms with van der Waals surface area (Å²) in [4.78, 5) is 0. The van der Waals surface area contributed by atoms with Crippen LogP contribution in [0.5, 0.6) is 0 Å². The van der Waals surface area contributed by atoms with Gasteiger partial charge in [0.05, 0.1) is 0 Å². The second-order valence-corrected chi connectivity index (χ2v) is 9.10. The number of alkyl halides is 1. The third kappa shape index (κ3) is 11.6. The highest BCUT2D eigenvalue weighted by atomic mass is 79.9. The van der Waals surface area contributed by atoms with E-state index in [0.29, 0.717) is 4.32 Å². The molecule has 1 heteroatoms. The van der Waals surface area contributed by atoms with Gasteiger partial charge < -0.3 is 0 Å². The average molecular weight is 390 g/mol. The summed E-state index contributed by atoms with van der Waals surface area (Å²) in [5.74, 6) is 0.862. The van der Waals surface area contributed by atoms with E-state index in [-0.39, 0.29) is 0 Å². The molecule has 23 heavy (non-hydrogen) atoms. The van der Waals surface area contributed by atoms with E-state index in [9.17, 15) is 0 Å². The van der Waals surface area contributed by atoms with Crippen LogP contribution in [0.2, 0.25) is 0 Å². The molecule has 0 saturated carbocycles. The zero-order chi connectivity index (χ0) is 17.4. The molecule has 0 aromatic rings. The van der Waals surface area contributed by atoms with E-state index in [1.165, 1.54) is 103 Å². The lowest BCUT2D eigenvalue weighted by molar-refractivity contribution is 0.321. The van der Waals surface area contributed by atoms with Crippen LogP contribution in [0.3, 0.4) is 0 Å². The molecule has 1 unspecified atom stereocenters. The van der Waals surface area contributed by atoms with Gasteiger partial charge in [0.1, 0.15) is 0 Å². The molecule has 0 aromatic carbocycles. The van der Waals surface area contributed by atoms with Crippen molar-refractivity contribution in [2.45, 2.75) is 135 Å². The second kappa shape index (κ2) is 16.0. The van der Waals surface area contributed by atoms with Gasteiger partial charge in [0, 0.05) is 4.32 Å². The normalized spacial score (nSPS) is 13.4. The molecule has 0 fully saturated rings. The molecule has 0 aliphatic rings. The molecule has 0 nitrogen and oxygen atoms in total.